The van der Waals surface area contributed by atoms with E-state index in [2.05, 4.69) is 0 Å². The van der Waals surface area contributed by atoms with Crippen molar-refractivity contribution in [1.82, 2.24) is 4.90 Å². The highest BCUT2D eigenvalue weighted by atomic mass is 16.5. The average Bonchev–Trinajstić information content (AvgIpc) is 2.48. The van der Waals surface area contributed by atoms with Crippen molar-refractivity contribution in [3.8, 4) is 5.75 Å². The highest BCUT2D eigenvalue weighted by Gasteiger charge is 2.25. The third-order valence-corrected chi connectivity index (χ3v) is 3.67. The molecule has 0 bridgehead atoms. The molecule has 1 atom stereocenters. The van der Waals surface area contributed by atoms with E-state index in [4.69, 9.17) is 4.74 Å². The Morgan fingerprint density at radius 2 is 2.11 bits per heavy atom. The van der Waals surface area contributed by atoms with Gasteiger partial charge in [0.05, 0.1) is 26.2 Å². The zero-order valence-corrected chi connectivity index (χ0v) is 11.3. The molecule has 104 valence electrons. The van der Waals surface area contributed by atoms with Crippen LogP contribution in [0.15, 0.2) is 24.3 Å². The van der Waals surface area contributed by atoms with E-state index in [-0.39, 0.29) is 18.6 Å². The monoisotopic (exact) mass is 263 g/mol. The van der Waals surface area contributed by atoms with Gasteiger partial charge in [-0.05, 0) is 37.0 Å². The van der Waals surface area contributed by atoms with Gasteiger partial charge in [0.25, 0.3) is 0 Å². The lowest BCUT2D eigenvalue weighted by atomic mass is 10.0. The lowest BCUT2D eigenvalue weighted by Crippen LogP contribution is -2.46. The minimum absolute atomic E-state index is 0.000464. The van der Waals surface area contributed by atoms with Gasteiger partial charge in [-0.1, -0.05) is 12.1 Å². The SMILES string of the molecule is COc1ccc(CC(=O)N2CCCCC2CO)cc1. The maximum Gasteiger partial charge on any atom is 0.227 e. The van der Waals surface area contributed by atoms with Gasteiger partial charge in [-0.2, -0.15) is 0 Å². The van der Waals surface area contributed by atoms with Crippen LogP contribution in [0.4, 0.5) is 0 Å². The minimum atomic E-state index is -0.000464. The van der Waals surface area contributed by atoms with Crippen LogP contribution in [0.2, 0.25) is 0 Å². The molecule has 1 N–H and O–H groups in total. The van der Waals surface area contributed by atoms with Gasteiger partial charge in [-0.3, -0.25) is 4.79 Å². The summed E-state index contributed by atoms with van der Waals surface area (Å²) in [5.41, 5.74) is 0.980. The molecule has 4 heteroatoms. The highest BCUT2D eigenvalue weighted by Crippen LogP contribution is 2.19. The number of piperidine rings is 1. The van der Waals surface area contributed by atoms with Crippen LogP contribution in [0.1, 0.15) is 24.8 Å². The summed E-state index contributed by atoms with van der Waals surface area (Å²) in [6, 6.07) is 7.55. The molecule has 1 saturated heterocycles. The van der Waals surface area contributed by atoms with E-state index >= 15 is 0 Å². The predicted molar refractivity (Wildman–Crippen MR) is 73.1 cm³/mol. The van der Waals surface area contributed by atoms with Crippen LogP contribution >= 0.6 is 0 Å². The summed E-state index contributed by atoms with van der Waals surface area (Å²) >= 11 is 0. The number of methoxy groups -OCH3 is 1. The fourth-order valence-corrected chi connectivity index (χ4v) is 2.54. The second-order valence-corrected chi connectivity index (χ2v) is 4.94. The molecular weight excluding hydrogens is 242 g/mol. The third kappa shape index (κ3) is 3.47. The Hall–Kier alpha value is -1.55. The van der Waals surface area contributed by atoms with E-state index in [1.165, 1.54) is 0 Å². The zero-order valence-electron chi connectivity index (χ0n) is 11.3. The zero-order chi connectivity index (χ0) is 13.7. The molecule has 0 radical (unpaired) electrons. The molecule has 0 saturated carbocycles. The summed E-state index contributed by atoms with van der Waals surface area (Å²) < 4.78 is 5.10. The molecule has 4 nitrogen and oxygen atoms in total. The largest absolute Gasteiger partial charge is 0.497 e. The van der Waals surface area contributed by atoms with Gasteiger partial charge in [0.15, 0.2) is 0 Å². The van der Waals surface area contributed by atoms with Crippen molar-refractivity contribution in [2.24, 2.45) is 0 Å². The van der Waals surface area contributed by atoms with Crippen LogP contribution < -0.4 is 4.74 Å². The van der Waals surface area contributed by atoms with E-state index in [1.807, 2.05) is 29.2 Å². The molecule has 1 amide bonds. The Kier molecular flexibility index (Phi) is 4.80. The number of aliphatic hydroxyl groups excluding tert-OH is 1. The van der Waals surface area contributed by atoms with E-state index < -0.39 is 0 Å². The van der Waals surface area contributed by atoms with Crippen molar-refractivity contribution in [3.63, 3.8) is 0 Å². The number of ether oxygens (including phenoxy) is 1. The standard InChI is InChI=1S/C15H21NO3/c1-19-14-7-5-12(6-8-14)10-15(18)16-9-3-2-4-13(16)11-17/h5-8,13,17H,2-4,9-11H2,1H3. The van der Waals surface area contributed by atoms with Crippen molar-refractivity contribution in [2.75, 3.05) is 20.3 Å². The van der Waals surface area contributed by atoms with Crippen LogP contribution in [0, 0.1) is 0 Å². The van der Waals surface area contributed by atoms with Gasteiger partial charge in [-0.25, -0.2) is 0 Å². The molecule has 19 heavy (non-hydrogen) atoms. The second-order valence-electron chi connectivity index (χ2n) is 4.94. The Bertz CT molecular complexity index is 416. The number of aliphatic hydroxyl groups is 1. The molecule has 1 aliphatic rings. The van der Waals surface area contributed by atoms with Crippen LogP contribution in [-0.2, 0) is 11.2 Å². The minimum Gasteiger partial charge on any atom is -0.497 e. The van der Waals surface area contributed by atoms with Crippen LogP contribution in [0.5, 0.6) is 5.75 Å². The smallest absolute Gasteiger partial charge is 0.227 e. The van der Waals surface area contributed by atoms with E-state index in [1.54, 1.807) is 7.11 Å². The number of likely N-dealkylation sites (tertiary alicyclic amines) is 1. The Labute approximate surface area is 114 Å². The van der Waals surface area contributed by atoms with Gasteiger partial charge in [0.2, 0.25) is 5.91 Å². The number of benzene rings is 1. The van der Waals surface area contributed by atoms with Crippen LogP contribution in [0.25, 0.3) is 0 Å². The Balaban J connectivity index is 1.98. The fraction of sp³-hybridized carbons (Fsp3) is 0.533. The molecular formula is C15H21NO3. The van der Waals surface area contributed by atoms with Crippen molar-refractivity contribution < 1.29 is 14.6 Å². The second kappa shape index (κ2) is 6.57. The summed E-state index contributed by atoms with van der Waals surface area (Å²) in [4.78, 5) is 14.1. The Morgan fingerprint density at radius 1 is 1.37 bits per heavy atom. The number of nitrogens with zero attached hydrogens (tertiary/aromatic N) is 1. The summed E-state index contributed by atoms with van der Waals surface area (Å²) in [7, 11) is 1.62. The first kappa shape index (κ1) is 13.9. The van der Waals surface area contributed by atoms with E-state index in [9.17, 15) is 9.90 Å². The number of rotatable bonds is 4. The number of carbonyl (C=O) groups excluding carboxylic acids is 1. The molecule has 1 aromatic carbocycles. The van der Waals surface area contributed by atoms with E-state index in [0.29, 0.717) is 6.42 Å². The van der Waals surface area contributed by atoms with Crippen molar-refractivity contribution in [1.29, 1.82) is 0 Å². The quantitative estimate of drug-likeness (QED) is 0.898. The third-order valence-electron chi connectivity index (χ3n) is 3.67. The molecule has 1 aromatic rings. The topological polar surface area (TPSA) is 49.8 Å². The predicted octanol–water partition coefficient (Wildman–Crippen LogP) is 1.61. The van der Waals surface area contributed by atoms with Crippen molar-refractivity contribution in [2.45, 2.75) is 31.7 Å². The van der Waals surface area contributed by atoms with Gasteiger partial charge in [-0.15, -0.1) is 0 Å². The number of amides is 1. The fourth-order valence-electron chi connectivity index (χ4n) is 2.54. The molecule has 1 heterocycles. The van der Waals surface area contributed by atoms with Gasteiger partial charge in [0, 0.05) is 6.54 Å². The van der Waals surface area contributed by atoms with E-state index in [0.717, 1.165) is 37.1 Å². The molecule has 0 spiro atoms. The lowest BCUT2D eigenvalue weighted by molar-refractivity contribution is -0.135. The van der Waals surface area contributed by atoms with Gasteiger partial charge < -0.3 is 14.7 Å². The normalized spacial score (nSPS) is 19.3. The maximum absolute atomic E-state index is 12.3. The van der Waals surface area contributed by atoms with Crippen LogP contribution in [0.3, 0.4) is 0 Å². The van der Waals surface area contributed by atoms with Crippen molar-refractivity contribution >= 4 is 5.91 Å². The number of carbonyl (C=O) groups is 1. The molecule has 1 fully saturated rings. The molecule has 0 aliphatic carbocycles. The average molecular weight is 263 g/mol. The lowest BCUT2D eigenvalue weighted by Gasteiger charge is -2.34. The molecule has 1 aliphatic heterocycles. The summed E-state index contributed by atoms with van der Waals surface area (Å²) in [6.07, 6.45) is 3.42. The number of hydrogen-bond acceptors (Lipinski definition) is 3. The molecule has 1 unspecified atom stereocenters. The first-order chi connectivity index (χ1) is 9.24. The van der Waals surface area contributed by atoms with Gasteiger partial charge >= 0.3 is 0 Å². The number of hydrogen-bond donors (Lipinski definition) is 1. The maximum atomic E-state index is 12.3. The Morgan fingerprint density at radius 3 is 2.74 bits per heavy atom. The summed E-state index contributed by atoms with van der Waals surface area (Å²) in [5, 5.41) is 9.33. The summed E-state index contributed by atoms with van der Waals surface area (Å²) in [5.74, 6) is 0.895. The molecule has 2 rings (SSSR count). The molecule has 0 aromatic heterocycles. The highest BCUT2D eigenvalue weighted by molar-refractivity contribution is 5.79. The first-order valence-electron chi connectivity index (χ1n) is 6.78. The summed E-state index contributed by atoms with van der Waals surface area (Å²) in [6.45, 7) is 0.828. The van der Waals surface area contributed by atoms with Gasteiger partial charge in [0.1, 0.15) is 5.75 Å². The van der Waals surface area contributed by atoms with Crippen molar-refractivity contribution in [3.05, 3.63) is 29.8 Å². The first-order valence-corrected chi connectivity index (χ1v) is 6.78. The van der Waals surface area contributed by atoms with Crippen LogP contribution in [-0.4, -0.2) is 42.2 Å².